The predicted molar refractivity (Wildman–Crippen MR) is 90.3 cm³/mol. The van der Waals surface area contributed by atoms with Gasteiger partial charge >= 0.3 is 0 Å². The second kappa shape index (κ2) is 6.21. The zero-order chi connectivity index (χ0) is 16.4. The molecule has 0 radical (unpaired) electrons. The van der Waals surface area contributed by atoms with Gasteiger partial charge in [-0.2, -0.15) is 0 Å². The van der Waals surface area contributed by atoms with Crippen LogP contribution >= 0.6 is 11.3 Å². The first-order valence-electron chi connectivity index (χ1n) is 7.11. The number of rotatable bonds is 4. The van der Waals surface area contributed by atoms with E-state index >= 15 is 0 Å². The second-order valence-corrected chi connectivity index (χ2v) is 6.06. The summed E-state index contributed by atoms with van der Waals surface area (Å²) in [6.45, 7) is 4.03. The number of amides is 1. The van der Waals surface area contributed by atoms with Gasteiger partial charge in [0.1, 0.15) is 5.69 Å². The first-order chi connectivity index (χ1) is 11.0. The average molecular weight is 328 g/mol. The van der Waals surface area contributed by atoms with Crippen LogP contribution in [-0.4, -0.2) is 20.4 Å². The van der Waals surface area contributed by atoms with Crippen LogP contribution in [0.25, 0.3) is 5.13 Å². The molecule has 118 valence electrons. The van der Waals surface area contributed by atoms with Gasteiger partial charge in [-0.15, -0.1) is 11.3 Å². The number of pyridine rings is 1. The molecule has 0 aliphatic rings. The maximum Gasteiger partial charge on any atom is 0.230 e. The maximum atomic E-state index is 12.1. The molecule has 3 aromatic rings. The Labute approximate surface area is 136 Å². The third-order valence-electron chi connectivity index (χ3n) is 3.44. The van der Waals surface area contributed by atoms with E-state index in [2.05, 4.69) is 15.3 Å². The number of hydrogen-bond acceptors (Lipinski definition) is 4. The molecule has 0 fully saturated rings. The van der Waals surface area contributed by atoms with Crippen molar-refractivity contribution in [2.24, 2.45) is 0 Å². The van der Waals surface area contributed by atoms with E-state index in [1.807, 2.05) is 35.9 Å². The molecular formula is C16H16N4O2S. The first kappa shape index (κ1) is 15.2. The van der Waals surface area contributed by atoms with Crippen molar-refractivity contribution in [3.05, 3.63) is 63.3 Å². The molecule has 3 aromatic heterocycles. The van der Waals surface area contributed by atoms with Crippen molar-refractivity contribution in [3.8, 4) is 5.13 Å². The number of thiazole rings is 1. The van der Waals surface area contributed by atoms with Crippen molar-refractivity contribution in [1.29, 1.82) is 0 Å². The van der Waals surface area contributed by atoms with Crippen LogP contribution in [0.5, 0.6) is 0 Å². The number of aryl methyl sites for hydroxylation is 2. The van der Waals surface area contributed by atoms with Gasteiger partial charge < -0.3 is 10.3 Å². The molecule has 0 saturated heterocycles. The van der Waals surface area contributed by atoms with E-state index in [1.54, 1.807) is 0 Å². The molecule has 1 amide bonds. The molecule has 0 unspecified atom stereocenters. The zero-order valence-electron chi connectivity index (χ0n) is 12.8. The van der Waals surface area contributed by atoms with Crippen LogP contribution in [0.3, 0.4) is 0 Å². The summed E-state index contributed by atoms with van der Waals surface area (Å²) in [7, 11) is 0. The molecule has 7 heteroatoms. The van der Waals surface area contributed by atoms with Gasteiger partial charge in [-0.25, -0.2) is 4.98 Å². The fraction of sp³-hybridized carbons (Fsp3) is 0.188. The fourth-order valence-corrected chi connectivity index (χ4v) is 3.26. The summed E-state index contributed by atoms with van der Waals surface area (Å²) in [5.41, 5.74) is 2.90. The number of anilines is 1. The minimum absolute atomic E-state index is 0.129. The van der Waals surface area contributed by atoms with Gasteiger partial charge in [0.2, 0.25) is 11.3 Å². The van der Waals surface area contributed by atoms with Crippen LogP contribution < -0.4 is 10.7 Å². The number of carbonyl (C=O) groups excluding carboxylic acids is 1. The van der Waals surface area contributed by atoms with Gasteiger partial charge in [0, 0.05) is 35.2 Å². The Morgan fingerprint density at radius 2 is 2.04 bits per heavy atom. The van der Waals surface area contributed by atoms with Gasteiger partial charge in [0.15, 0.2) is 5.13 Å². The number of hydrogen-bond donors (Lipinski definition) is 2. The Bertz CT molecular complexity index is 887. The van der Waals surface area contributed by atoms with Crippen LogP contribution in [-0.2, 0) is 11.2 Å². The van der Waals surface area contributed by atoms with Gasteiger partial charge in [0.05, 0.1) is 12.1 Å². The van der Waals surface area contributed by atoms with E-state index in [9.17, 15) is 9.59 Å². The Kier molecular flexibility index (Phi) is 4.12. The predicted octanol–water partition coefficient (Wildman–Crippen LogP) is 2.42. The lowest BCUT2D eigenvalue weighted by Crippen LogP contribution is -2.19. The van der Waals surface area contributed by atoms with Crippen molar-refractivity contribution in [1.82, 2.24) is 14.5 Å². The quantitative estimate of drug-likeness (QED) is 0.772. The highest BCUT2D eigenvalue weighted by Gasteiger charge is 2.12. The third kappa shape index (κ3) is 3.24. The second-order valence-electron chi connectivity index (χ2n) is 5.22. The summed E-state index contributed by atoms with van der Waals surface area (Å²) < 4.78 is 2.05. The number of nitrogens with one attached hydrogen (secondary N) is 2. The topological polar surface area (TPSA) is 79.8 Å². The van der Waals surface area contributed by atoms with Gasteiger partial charge in [-0.3, -0.25) is 14.2 Å². The molecule has 0 aliphatic heterocycles. The lowest BCUT2D eigenvalue weighted by Gasteiger charge is -2.04. The normalized spacial score (nSPS) is 10.7. The van der Waals surface area contributed by atoms with Crippen molar-refractivity contribution < 1.29 is 4.79 Å². The van der Waals surface area contributed by atoms with E-state index < -0.39 is 0 Å². The first-order valence-corrected chi connectivity index (χ1v) is 7.99. The van der Waals surface area contributed by atoms with Crippen LogP contribution in [0, 0.1) is 13.8 Å². The maximum absolute atomic E-state index is 12.1. The van der Waals surface area contributed by atoms with E-state index in [1.165, 1.54) is 29.8 Å². The van der Waals surface area contributed by atoms with Crippen LogP contribution in [0.1, 0.15) is 17.1 Å². The molecular weight excluding hydrogens is 312 g/mol. The Balaban J connectivity index is 1.73. The van der Waals surface area contributed by atoms with Crippen molar-refractivity contribution in [2.75, 3.05) is 5.32 Å². The van der Waals surface area contributed by atoms with E-state index in [0.29, 0.717) is 5.69 Å². The number of nitrogens with zero attached hydrogens (tertiary/aromatic N) is 2. The number of H-pyrrole nitrogens is 1. The largest absolute Gasteiger partial charge is 0.366 e. The highest BCUT2D eigenvalue weighted by Crippen LogP contribution is 2.20. The van der Waals surface area contributed by atoms with E-state index in [0.717, 1.165) is 16.5 Å². The minimum atomic E-state index is -0.264. The van der Waals surface area contributed by atoms with E-state index in [-0.39, 0.29) is 23.4 Å². The molecule has 0 aliphatic carbocycles. The summed E-state index contributed by atoms with van der Waals surface area (Å²) in [5, 5.41) is 5.30. The molecule has 0 aromatic carbocycles. The molecule has 0 bridgehead atoms. The van der Waals surface area contributed by atoms with Gasteiger partial charge in [0.25, 0.3) is 0 Å². The van der Waals surface area contributed by atoms with Crippen LogP contribution in [0.2, 0.25) is 0 Å². The van der Waals surface area contributed by atoms with E-state index in [4.69, 9.17) is 0 Å². The monoisotopic (exact) mass is 328 g/mol. The average Bonchev–Trinajstić information content (AvgIpc) is 3.08. The molecule has 2 N–H and O–H groups in total. The molecule has 3 heterocycles. The Morgan fingerprint density at radius 3 is 2.74 bits per heavy atom. The number of aromatic nitrogens is 3. The Hall–Kier alpha value is -2.67. The highest BCUT2D eigenvalue weighted by molar-refractivity contribution is 7.12. The van der Waals surface area contributed by atoms with Crippen molar-refractivity contribution in [2.45, 2.75) is 20.3 Å². The number of carbonyl (C=O) groups is 1. The summed E-state index contributed by atoms with van der Waals surface area (Å²) >= 11 is 1.49. The molecule has 0 spiro atoms. The molecule has 23 heavy (non-hydrogen) atoms. The third-order valence-corrected chi connectivity index (χ3v) is 4.32. The fourth-order valence-electron chi connectivity index (χ4n) is 2.32. The summed E-state index contributed by atoms with van der Waals surface area (Å²) in [6.07, 6.45) is 3.12. The molecule has 0 saturated carbocycles. The summed E-state index contributed by atoms with van der Waals surface area (Å²) in [4.78, 5) is 30.9. The SMILES string of the molecule is Cc1ccc(C)n1-c1nc(CC(=O)Nc2c[nH]ccc2=O)cs1. The molecule has 3 rings (SSSR count). The smallest absolute Gasteiger partial charge is 0.230 e. The zero-order valence-corrected chi connectivity index (χ0v) is 13.6. The summed E-state index contributed by atoms with van der Waals surface area (Å²) in [6, 6.07) is 5.43. The highest BCUT2D eigenvalue weighted by atomic mass is 32.1. The Morgan fingerprint density at radius 1 is 1.30 bits per heavy atom. The van der Waals surface area contributed by atoms with Crippen LogP contribution in [0.15, 0.2) is 40.8 Å². The van der Waals surface area contributed by atoms with Gasteiger partial charge in [-0.05, 0) is 26.0 Å². The van der Waals surface area contributed by atoms with Crippen molar-refractivity contribution in [3.63, 3.8) is 0 Å². The van der Waals surface area contributed by atoms with Gasteiger partial charge in [-0.1, -0.05) is 0 Å². The lowest BCUT2D eigenvalue weighted by molar-refractivity contribution is -0.115. The standard InChI is InChI=1S/C16H16N4O2S/c1-10-3-4-11(2)20(10)16-18-12(9-23-16)7-15(22)19-13-8-17-6-5-14(13)21/h3-6,8-9H,7H2,1-2H3,(H,17,21)(H,19,22). The molecule has 6 nitrogen and oxygen atoms in total. The molecule has 0 atom stereocenters. The minimum Gasteiger partial charge on any atom is -0.366 e. The summed E-state index contributed by atoms with van der Waals surface area (Å²) in [5.74, 6) is -0.264. The van der Waals surface area contributed by atoms with Crippen molar-refractivity contribution >= 4 is 22.9 Å². The number of aromatic amines is 1. The van der Waals surface area contributed by atoms with Crippen LogP contribution in [0.4, 0.5) is 5.69 Å². The lowest BCUT2D eigenvalue weighted by atomic mass is 10.3.